The van der Waals surface area contributed by atoms with Crippen LogP contribution in [0, 0.1) is 0 Å². The predicted molar refractivity (Wildman–Crippen MR) is 80.1 cm³/mol. The van der Waals surface area contributed by atoms with E-state index in [1.165, 1.54) is 7.11 Å². The zero-order valence-electron chi connectivity index (χ0n) is 11.0. The number of hydrogen-bond donors (Lipinski definition) is 2. The number of methoxy groups -OCH3 is 1. The maximum Gasteiger partial charge on any atom is 0.411 e. The molecule has 0 aliphatic heterocycles. The average molecular weight is 269 g/mol. The summed E-state index contributed by atoms with van der Waals surface area (Å²) < 4.78 is 4.51. The standard InChI is InChI=1S/C15H15N3O2/c1-20-15(19)17-13-9-7-12(8-10-13)11-16-18-14-5-3-2-4-6-14/h2-11,18H,1H3,(H,17,19). The molecule has 5 nitrogen and oxygen atoms in total. The van der Waals surface area contributed by atoms with Crippen LogP contribution < -0.4 is 10.7 Å². The molecule has 0 bridgehead atoms. The Hall–Kier alpha value is -2.82. The summed E-state index contributed by atoms with van der Waals surface area (Å²) in [5.41, 5.74) is 5.44. The van der Waals surface area contributed by atoms with Crippen LogP contribution in [0.5, 0.6) is 0 Å². The van der Waals surface area contributed by atoms with E-state index in [1.54, 1.807) is 18.3 Å². The van der Waals surface area contributed by atoms with Gasteiger partial charge in [0.2, 0.25) is 0 Å². The lowest BCUT2D eigenvalue weighted by Crippen LogP contribution is -2.10. The number of carbonyl (C=O) groups is 1. The lowest BCUT2D eigenvalue weighted by atomic mass is 10.2. The number of benzene rings is 2. The molecule has 2 aromatic carbocycles. The van der Waals surface area contributed by atoms with Crippen molar-refractivity contribution in [3.8, 4) is 0 Å². The fourth-order valence-electron chi connectivity index (χ4n) is 1.52. The van der Waals surface area contributed by atoms with Crippen LogP contribution in [0.2, 0.25) is 0 Å². The van der Waals surface area contributed by atoms with Crippen LogP contribution in [-0.2, 0) is 4.74 Å². The summed E-state index contributed by atoms with van der Waals surface area (Å²) in [7, 11) is 1.33. The molecule has 0 spiro atoms. The molecule has 20 heavy (non-hydrogen) atoms. The van der Waals surface area contributed by atoms with Crippen molar-refractivity contribution in [3.05, 3.63) is 60.2 Å². The van der Waals surface area contributed by atoms with Crippen LogP contribution in [-0.4, -0.2) is 19.4 Å². The molecule has 0 fully saturated rings. The van der Waals surface area contributed by atoms with Gasteiger partial charge >= 0.3 is 6.09 Å². The minimum absolute atomic E-state index is 0.489. The molecule has 0 aromatic heterocycles. The number of nitrogens with zero attached hydrogens (tertiary/aromatic N) is 1. The zero-order valence-corrected chi connectivity index (χ0v) is 11.0. The molecule has 2 aromatic rings. The van der Waals surface area contributed by atoms with Gasteiger partial charge in [-0.2, -0.15) is 5.10 Å². The van der Waals surface area contributed by atoms with Crippen LogP contribution in [0.25, 0.3) is 0 Å². The molecule has 102 valence electrons. The fourth-order valence-corrected chi connectivity index (χ4v) is 1.52. The molecule has 0 radical (unpaired) electrons. The average Bonchev–Trinajstić information content (AvgIpc) is 2.50. The number of anilines is 2. The van der Waals surface area contributed by atoms with Crippen molar-refractivity contribution >= 4 is 23.7 Å². The molecule has 0 heterocycles. The monoisotopic (exact) mass is 269 g/mol. The summed E-state index contributed by atoms with van der Waals surface area (Å²) >= 11 is 0. The number of para-hydroxylation sites is 1. The highest BCUT2D eigenvalue weighted by atomic mass is 16.5. The second-order valence-electron chi connectivity index (χ2n) is 3.97. The summed E-state index contributed by atoms with van der Waals surface area (Å²) in [6.07, 6.45) is 1.21. The van der Waals surface area contributed by atoms with Crippen LogP contribution in [0.1, 0.15) is 5.56 Å². The predicted octanol–water partition coefficient (Wildman–Crippen LogP) is 3.31. The van der Waals surface area contributed by atoms with Gasteiger partial charge < -0.3 is 4.74 Å². The third-order valence-corrected chi connectivity index (χ3v) is 2.52. The van der Waals surface area contributed by atoms with Gasteiger partial charge in [0.1, 0.15) is 0 Å². The van der Waals surface area contributed by atoms with Gasteiger partial charge in [-0.1, -0.05) is 30.3 Å². The lowest BCUT2D eigenvalue weighted by molar-refractivity contribution is 0.187. The van der Waals surface area contributed by atoms with E-state index >= 15 is 0 Å². The minimum atomic E-state index is -0.489. The van der Waals surface area contributed by atoms with Gasteiger partial charge in [-0.15, -0.1) is 0 Å². The maximum atomic E-state index is 11.0. The van der Waals surface area contributed by atoms with Gasteiger partial charge in [0.05, 0.1) is 19.0 Å². The van der Waals surface area contributed by atoms with Crippen LogP contribution in [0.3, 0.4) is 0 Å². The van der Waals surface area contributed by atoms with E-state index in [9.17, 15) is 4.79 Å². The van der Waals surface area contributed by atoms with Crippen LogP contribution in [0.15, 0.2) is 59.7 Å². The molecule has 0 unspecified atom stereocenters. The first-order valence-corrected chi connectivity index (χ1v) is 6.07. The number of carbonyl (C=O) groups excluding carboxylic acids is 1. The van der Waals surface area contributed by atoms with Crippen molar-refractivity contribution in [2.75, 3.05) is 17.9 Å². The van der Waals surface area contributed by atoms with Crippen molar-refractivity contribution in [2.24, 2.45) is 5.10 Å². The van der Waals surface area contributed by atoms with Crippen molar-refractivity contribution in [2.45, 2.75) is 0 Å². The van der Waals surface area contributed by atoms with Gasteiger partial charge in [0, 0.05) is 5.69 Å². The Kier molecular flexibility index (Phi) is 4.72. The second-order valence-corrected chi connectivity index (χ2v) is 3.97. The quantitative estimate of drug-likeness (QED) is 0.661. The second kappa shape index (κ2) is 6.94. The van der Waals surface area contributed by atoms with Crippen molar-refractivity contribution in [1.82, 2.24) is 0 Å². The SMILES string of the molecule is COC(=O)Nc1ccc(C=NNc2ccccc2)cc1. The zero-order chi connectivity index (χ0) is 14.2. The summed E-state index contributed by atoms with van der Waals surface area (Å²) in [5, 5.41) is 6.71. The molecular weight excluding hydrogens is 254 g/mol. The Labute approximate surface area is 117 Å². The van der Waals surface area contributed by atoms with E-state index in [4.69, 9.17) is 0 Å². The summed E-state index contributed by atoms with van der Waals surface area (Å²) in [5.74, 6) is 0. The largest absolute Gasteiger partial charge is 0.453 e. The van der Waals surface area contributed by atoms with Gasteiger partial charge in [0.25, 0.3) is 0 Å². The van der Waals surface area contributed by atoms with E-state index in [-0.39, 0.29) is 0 Å². The highest BCUT2D eigenvalue weighted by molar-refractivity contribution is 5.86. The van der Waals surface area contributed by atoms with Gasteiger partial charge in [-0.3, -0.25) is 10.7 Å². The molecule has 2 N–H and O–H groups in total. The van der Waals surface area contributed by atoms with Gasteiger partial charge in [0.15, 0.2) is 0 Å². The third kappa shape index (κ3) is 4.13. The molecular formula is C15H15N3O2. The smallest absolute Gasteiger partial charge is 0.411 e. The van der Waals surface area contributed by atoms with Gasteiger partial charge in [-0.05, 0) is 29.8 Å². The first-order chi connectivity index (χ1) is 9.78. The Morgan fingerprint density at radius 2 is 1.75 bits per heavy atom. The van der Waals surface area contributed by atoms with E-state index < -0.39 is 6.09 Å². The van der Waals surface area contributed by atoms with E-state index in [0.717, 1.165) is 11.3 Å². The molecule has 0 saturated carbocycles. The number of hydrazone groups is 1. The molecule has 0 saturated heterocycles. The Morgan fingerprint density at radius 3 is 2.40 bits per heavy atom. The highest BCUT2D eigenvalue weighted by Crippen LogP contribution is 2.09. The van der Waals surface area contributed by atoms with Crippen molar-refractivity contribution < 1.29 is 9.53 Å². The Morgan fingerprint density at radius 1 is 1.05 bits per heavy atom. The number of amides is 1. The first kappa shape index (κ1) is 13.6. The Balaban J connectivity index is 1.92. The molecule has 2 rings (SSSR count). The number of hydrogen-bond acceptors (Lipinski definition) is 4. The minimum Gasteiger partial charge on any atom is -0.453 e. The normalized spacial score (nSPS) is 10.2. The molecule has 5 heteroatoms. The summed E-state index contributed by atoms with van der Waals surface area (Å²) in [6.45, 7) is 0. The molecule has 0 atom stereocenters. The molecule has 0 aliphatic carbocycles. The van der Waals surface area contributed by atoms with Gasteiger partial charge in [-0.25, -0.2) is 4.79 Å². The van der Waals surface area contributed by atoms with Crippen LogP contribution >= 0.6 is 0 Å². The number of ether oxygens (including phenoxy) is 1. The molecule has 1 amide bonds. The third-order valence-electron chi connectivity index (χ3n) is 2.52. The first-order valence-electron chi connectivity index (χ1n) is 6.07. The van der Waals surface area contributed by atoms with Crippen LogP contribution in [0.4, 0.5) is 16.2 Å². The lowest BCUT2D eigenvalue weighted by Gasteiger charge is -2.03. The van der Waals surface area contributed by atoms with Crippen molar-refractivity contribution in [3.63, 3.8) is 0 Å². The summed E-state index contributed by atoms with van der Waals surface area (Å²) in [4.78, 5) is 11.0. The topological polar surface area (TPSA) is 62.7 Å². The van der Waals surface area contributed by atoms with E-state index in [1.807, 2.05) is 42.5 Å². The summed E-state index contributed by atoms with van der Waals surface area (Å²) in [6, 6.07) is 16.9. The van der Waals surface area contributed by atoms with Crippen molar-refractivity contribution in [1.29, 1.82) is 0 Å². The van der Waals surface area contributed by atoms with E-state index in [0.29, 0.717) is 5.69 Å². The Bertz CT molecular complexity index is 580. The number of nitrogens with one attached hydrogen (secondary N) is 2. The molecule has 0 aliphatic rings. The van der Waals surface area contributed by atoms with E-state index in [2.05, 4.69) is 20.6 Å². The highest BCUT2D eigenvalue weighted by Gasteiger charge is 1.99. The fraction of sp³-hybridized carbons (Fsp3) is 0.0667. The number of rotatable bonds is 4. The maximum absolute atomic E-state index is 11.0.